The monoisotopic (exact) mass is 242 g/mol. The molecule has 0 aliphatic rings. The van der Waals surface area contributed by atoms with Crippen molar-refractivity contribution in [3.63, 3.8) is 0 Å². The van der Waals surface area contributed by atoms with Gasteiger partial charge in [-0.05, 0) is 17.2 Å². The van der Waals surface area contributed by atoms with Gasteiger partial charge in [-0.3, -0.25) is 0 Å². The van der Waals surface area contributed by atoms with Gasteiger partial charge in [0, 0.05) is 13.5 Å². The average molecular weight is 242 g/mol. The van der Waals surface area contributed by atoms with Gasteiger partial charge < -0.3 is 9.47 Å². The van der Waals surface area contributed by atoms with Crippen LogP contribution in [0, 0.1) is 0 Å². The largest absolute Gasteiger partial charge is 0.496 e. The Hall–Kier alpha value is -1.80. The van der Waals surface area contributed by atoms with Crippen molar-refractivity contribution in [2.75, 3.05) is 14.2 Å². The van der Waals surface area contributed by atoms with E-state index in [1.54, 1.807) is 14.2 Å². The Balaban J connectivity index is 2.21. The van der Waals surface area contributed by atoms with Crippen molar-refractivity contribution >= 4 is 0 Å². The van der Waals surface area contributed by atoms with E-state index in [2.05, 4.69) is 18.2 Å². The van der Waals surface area contributed by atoms with Gasteiger partial charge >= 0.3 is 0 Å². The zero-order valence-electron chi connectivity index (χ0n) is 10.8. The first-order chi connectivity index (χ1) is 8.85. The van der Waals surface area contributed by atoms with E-state index in [0.717, 1.165) is 17.7 Å². The van der Waals surface area contributed by atoms with Crippen LogP contribution in [-0.4, -0.2) is 14.2 Å². The second-order valence-corrected chi connectivity index (χ2v) is 4.15. The molecule has 0 amide bonds. The summed E-state index contributed by atoms with van der Waals surface area (Å²) >= 11 is 0. The highest BCUT2D eigenvalue weighted by Crippen LogP contribution is 2.26. The van der Waals surface area contributed by atoms with E-state index in [0.29, 0.717) is 0 Å². The highest BCUT2D eigenvalue weighted by atomic mass is 16.5. The van der Waals surface area contributed by atoms with Gasteiger partial charge in [0.2, 0.25) is 0 Å². The fourth-order valence-corrected chi connectivity index (χ4v) is 2.08. The first-order valence-electron chi connectivity index (χ1n) is 6.04. The SMILES string of the molecule is COc1ccccc1CC(OC)c1ccccc1. The molecule has 0 fully saturated rings. The van der Waals surface area contributed by atoms with Gasteiger partial charge in [0.05, 0.1) is 13.2 Å². The van der Waals surface area contributed by atoms with Crippen molar-refractivity contribution in [2.24, 2.45) is 0 Å². The zero-order chi connectivity index (χ0) is 12.8. The van der Waals surface area contributed by atoms with Crippen molar-refractivity contribution in [3.8, 4) is 5.75 Å². The summed E-state index contributed by atoms with van der Waals surface area (Å²) in [5.74, 6) is 0.912. The van der Waals surface area contributed by atoms with Gasteiger partial charge in [-0.2, -0.15) is 0 Å². The zero-order valence-corrected chi connectivity index (χ0v) is 10.8. The standard InChI is InChI=1S/C16H18O2/c1-17-15-11-7-6-10-14(15)12-16(18-2)13-8-4-3-5-9-13/h3-11,16H,12H2,1-2H3. The molecule has 1 atom stereocenters. The van der Waals surface area contributed by atoms with Crippen LogP contribution in [0.15, 0.2) is 54.6 Å². The Bertz CT molecular complexity index is 479. The minimum Gasteiger partial charge on any atom is -0.496 e. The lowest BCUT2D eigenvalue weighted by Crippen LogP contribution is -2.06. The van der Waals surface area contributed by atoms with Gasteiger partial charge in [-0.15, -0.1) is 0 Å². The molecule has 0 spiro atoms. The number of methoxy groups -OCH3 is 2. The van der Waals surface area contributed by atoms with Gasteiger partial charge in [0.1, 0.15) is 5.75 Å². The van der Waals surface area contributed by atoms with Crippen LogP contribution in [-0.2, 0) is 11.2 Å². The Labute approximate surface area is 108 Å². The molecule has 1 unspecified atom stereocenters. The number of hydrogen-bond acceptors (Lipinski definition) is 2. The molecule has 0 aliphatic heterocycles. The maximum atomic E-state index is 5.58. The van der Waals surface area contributed by atoms with E-state index in [9.17, 15) is 0 Å². The molecule has 94 valence electrons. The fourth-order valence-electron chi connectivity index (χ4n) is 2.08. The summed E-state index contributed by atoms with van der Waals surface area (Å²) in [6.07, 6.45) is 0.868. The second kappa shape index (κ2) is 6.22. The number of benzene rings is 2. The molecule has 2 aromatic rings. The number of para-hydroxylation sites is 1. The summed E-state index contributed by atoms with van der Waals surface area (Å²) < 4.78 is 11.0. The Morgan fingerprint density at radius 2 is 1.56 bits per heavy atom. The summed E-state index contributed by atoms with van der Waals surface area (Å²) in [6.45, 7) is 0. The third kappa shape index (κ3) is 2.90. The Morgan fingerprint density at radius 3 is 2.22 bits per heavy atom. The minimum atomic E-state index is 0.0579. The van der Waals surface area contributed by atoms with Crippen LogP contribution >= 0.6 is 0 Å². The van der Waals surface area contributed by atoms with Crippen LogP contribution in [0.3, 0.4) is 0 Å². The van der Waals surface area contributed by atoms with Crippen molar-refractivity contribution in [3.05, 3.63) is 65.7 Å². The normalized spacial score (nSPS) is 12.1. The molecular weight excluding hydrogens is 224 g/mol. The van der Waals surface area contributed by atoms with Crippen LogP contribution in [0.5, 0.6) is 5.75 Å². The van der Waals surface area contributed by atoms with Crippen molar-refractivity contribution in [2.45, 2.75) is 12.5 Å². The fraction of sp³-hybridized carbons (Fsp3) is 0.250. The maximum Gasteiger partial charge on any atom is 0.122 e. The van der Waals surface area contributed by atoms with Crippen molar-refractivity contribution < 1.29 is 9.47 Å². The minimum absolute atomic E-state index is 0.0579. The maximum absolute atomic E-state index is 5.58. The molecule has 0 aliphatic carbocycles. The van der Waals surface area contributed by atoms with E-state index in [1.165, 1.54) is 5.56 Å². The number of ether oxygens (including phenoxy) is 2. The molecule has 0 radical (unpaired) electrons. The molecule has 2 aromatic carbocycles. The third-order valence-corrected chi connectivity index (χ3v) is 3.05. The smallest absolute Gasteiger partial charge is 0.122 e. The summed E-state index contributed by atoms with van der Waals surface area (Å²) in [5.41, 5.74) is 2.35. The summed E-state index contributed by atoms with van der Waals surface area (Å²) in [6, 6.07) is 18.3. The Kier molecular flexibility index (Phi) is 4.37. The first-order valence-corrected chi connectivity index (χ1v) is 6.04. The molecule has 2 nitrogen and oxygen atoms in total. The molecule has 18 heavy (non-hydrogen) atoms. The lowest BCUT2D eigenvalue weighted by molar-refractivity contribution is 0.103. The first kappa shape index (κ1) is 12.7. The topological polar surface area (TPSA) is 18.5 Å². The number of hydrogen-bond donors (Lipinski definition) is 0. The van der Waals surface area contributed by atoms with E-state index in [-0.39, 0.29) is 6.10 Å². The highest BCUT2D eigenvalue weighted by molar-refractivity contribution is 5.34. The average Bonchev–Trinajstić information content (AvgIpc) is 2.46. The van der Waals surface area contributed by atoms with Gasteiger partial charge in [-0.1, -0.05) is 48.5 Å². The summed E-state index contributed by atoms with van der Waals surface area (Å²) in [4.78, 5) is 0. The van der Waals surface area contributed by atoms with E-state index in [1.807, 2.05) is 36.4 Å². The summed E-state index contributed by atoms with van der Waals surface area (Å²) in [5, 5.41) is 0. The quantitative estimate of drug-likeness (QED) is 0.797. The predicted octanol–water partition coefficient (Wildman–Crippen LogP) is 3.63. The molecule has 0 saturated heterocycles. The van der Waals surface area contributed by atoms with E-state index in [4.69, 9.17) is 9.47 Å². The molecule has 0 saturated carbocycles. The van der Waals surface area contributed by atoms with Crippen molar-refractivity contribution in [1.82, 2.24) is 0 Å². The second-order valence-electron chi connectivity index (χ2n) is 4.15. The van der Waals surface area contributed by atoms with Crippen LogP contribution in [0.25, 0.3) is 0 Å². The molecule has 2 rings (SSSR count). The van der Waals surface area contributed by atoms with Crippen LogP contribution in [0.2, 0.25) is 0 Å². The van der Waals surface area contributed by atoms with Crippen molar-refractivity contribution in [1.29, 1.82) is 0 Å². The van der Waals surface area contributed by atoms with Crippen LogP contribution in [0.4, 0.5) is 0 Å². The van der Waals surface area contributed by atoms with Gasteiger partial charge in [-0.25, -0.2) is 0 Å². The number of rotatable bonds is 5. The van der Waals surface area contributed by atoms with Gasteiger partial charge in [0.25, 0.3) is 0 Å². The third-order valence-electron chi connectivity index (χ3n) is 3.05. The highest BCUT2D eigenvalue weighted by Gasteiger charge is 2.13. The van der Waals surface area contributed by atoms with Crippen LogP contribution in [0.1, 0.15) is 17.2 Å². The molecule has 0 heterocycles. The lowest BCUT2D eigenvalue weighted by Gasteiger charge is -2.17. The Morgan fingerprint density at radius 1 is 0.889 bits per heavy atom. The molecule has 0 bridgehead atoms. The molecule has 0 N–H and O–H groups in total. The summed E-state index contributed by atoms with van der Waals surface area (Å²) in [7, 11) is 3.44. The van der Waals surface area contributed by atoms with Gasteiger partial charge in [0.15, 0.2) is 0 Å². The van der Waals surface area contributed by atoms with E-state index >= 15 is 0 Å². The molecular formula is C16H18O2. The molecule has 2 heteroatoms. The predicted molar refractivity (Wildman–Crippen MR) is 72.9 cm³/mol. The molecule has 0 aromatic heterocycles. The lowest BCUT2D eigenvalue weighted by atomic mass is 10.0. The van der Waals surface area contributed by atoms with Crippen LogP contribution < -0.4 is 4.74 Å². The van der Waals surface area contributed by atoms with E-state index < -0.39 is 0 Å².